The molecule has 3 aromatic rings. The lowest BCUT2D eigenvalue weighted by molar-refractivity contribution is 0.600. The van der Waals surface area contributed by atoms with Crippen molar-refractivity contribution >= 4 is 22.9 Å². The Labute approximate surface area is 128 Å². The maximum atomic E-state index is 5.70. The predicted molar refractivity (Wildman–Crippen MR) is 84.9 cm³/mol. The fourth-order valence-electron chi connectivity index (χ4n) is 2.95. The van der Waals surface area contributed by atoms with Crippen LogP contribution < -0.4 is 10.2 Å². The number of aromatic nitrogens is 3. The van der Waals surface area contributed by atoms with Gasteiger partial charge in [0.05, 0.1) is 0 Å². The number of hydrogen-bond donors (Lipinski definition) is 1. The molecule has 0 aliphatic carbocycles. The standard InChI is InChI=1S/C16H17N5O/c1-2-7-14-13(6-1)19-16(22-14)17-11-12-5-4-10-21(12)15-8-3-9-18-20-15/h1-3,6-9,12H,4-5,10-11H2,(H,17,19)/t12-/m1/s1. The number of oxazole rings is 1. The zero-order valence-corrected chi connectivity index (χ0v) is 12.1. The first-order valence-electron chi connectivity index (χ1n) is 7.54. The minimum Gasteiger partial charge on any atom is -0.424 e. The van der Waals surface area contributed by atoms with Crippen LogP contribution in [0, 0.1) is 0 Å². The molecule has 6 nitrogen and oxygen atoms in total. The molecular weight excluding hydrogens is 278 g/mol. The van der Waals surface area contributed by atoms with Crippen LogP contribution in [0.25, 0.3) is 11.1 Å². The zero-order valence-electron chi connectivity index (χ0n) is 12.1. The zero-order chi connectivity index (χ0) is 14.8. The SMILES string of the molecule is c1cnnc(N2CCC[C@@H]2CNc2nc3ccccc3o2)c1. The molecule has 0 spiro atoms. The van der Waals surface area contributed by atoms with Crippen molar-refractivity contribution in [1.29, 1.82) is 0 Å². The largest absolute Gasteiger partial charge is 0.424 e. The minimum atomic E-state index is 0.381. The quantitative estimate of drug-likeness (QED) is 0.798. The fraction of sp³-hybridized carbons (Fsp3) is 0.312. The van der Waals surface area contributed by atoms with Crippen molar-refractivity contribution in [3.8, 4) is 0 Å². The third kappa shape index (κ3) is 2.47. The molecule has 1 aliphatic heterocycles. The summed E-state index contributed by atoms with van der Waals surface area (Å²) in [7, 11) is 0. The lowest BCUT2D eigenvalue weighted by Gasteiger charge is -2.24. The number of benzene rings is 1. The maximum Gasteiger partial charge on any atom is 0.295 e. The van der Waals surface area contributed by atoms with E-state index >= 15 is 0 Å². The van der Waals surface area contributed by atoms with Crippen LogP contribution in [0.3, 0.4) is 0 Å². The van der Waals surface area contributed by atoms with Crippen molar-refractivity contribution in [2.45, 2.75) is 18.9 Å². The van der Waals surface area contributed by atoms with Gasteiger partial charge < -0.3 is 14.6 Å². The topological polar surface area (TPSA) is 67.1 Å². The molecule has 2 aromatic heterocycles. The molecule has 1 atom stereocenters. The first kappa shape index (κ1) is 13.1. The molecule has 0 amide bonds. The van der Waals surface area contributed by atoms with Gasteiger partial charge in [-0.1, -0.05) is 12.1 Å². The summed E-state index contributed by atoms with van der Waals surface area (Å²) in [6.07, 6.45) is 3.99. The summed E-state index contributed by atoms with van der Waals surface area (Å²) >= 11 is 0. The van der Waals surface area contributed by atoms with Crippen LogP contribution in [-0.2, 0) is 0 Å². The average molecular weight is 295 g/mol. The highest BCUT2D eigenvalue weighted by Crippen LogP contribution is 2.24. The van der Waals surface area contributed by atoms with Gasteiger partial charge >= 0.3 is 0 Å². The third-order valence-electron chi connectivity index (χ3n) is 4.01. The van der Waals surface area contributed by atoms with E-state index in [2.05, 4.69) is 25.4 Å². The van der Waals surface area contributed by atoms with Gasteiger partial charge in [-0.3, -0.25) is 0 Å². The lowest BCUT2D eigenvalue weighted by Crippen LogP contribution is -2.35. The molecular formula is C16H17N5O. The summed E-state index contributed by atoms with van der Waals surface area (Å²) in [5.41, 5.74) is 1.68. The van der Waals surface area contributed by atoms with Crippen molar-refractivity contribution in [2.24, 2.45) is 0 Å². The summed E-state index contributed by atoms with van der Waals surface area (Å²) < 4.78 is 5.70. The van der Waals surface area contributed by atoms with Crippen molar-refractivity contribution < 1.29 is 4.42 Å². The molecule has 0 radical (unpaired) electrons. The number of hydrogen-bond acceptors (Lipinski definition) is 6. The summed E-state index contributed by atoms with van der Waals surface area (Å²) in [5.74, 6) is 0.935. The first-order valence-corrected chi connectivity index (χ1v) is 7.54. The fourth-order valence-corrected chi connectivity index (χ4v) is 2.95. The molecule has 22 heavy (non-hydrogen) atoms. The Morgan fingerprint density at radius 2 is 2.18 bits per heavy atom. The highest BCUT2D eigenvalue weighted by molar-refractivity contribution is 5.74. The Hall–Kier alpha value is -2.63. The lowest BCUT2D eigenvalue weighted by atomic mass is 10.2. The number of fused-ring (bicyclic) bond motifs is 1. The van der Waals surface area contributed by atoms with E-state index in [1.807, 2.05) is 36.4 Å². The first-order chi connectivity index (χ1) is 10.9. The molecule has 6 heteroatoms. The van der Waals surface area contributed by atoms with Crippen LogP contribution >= 0.6 is 0 Å². The molecule has 0 bridgehead atoms. The van der Waals surface area contributed by atoms with Gasteiger partial charge in [0.25, 0.3) is 6.01 Å². The van der Waals surface area contributed by atoms with E-state index in [1.165, 1.54) is 0 Å². The van der Waals surface area contributed by atoms with Crippen LogP contribution in [0.5, 0.6) is 0 Å². The molecule has 0 saturated carbocycles. The van der Waals surface area contributed by atoms with Gasteiger partial charge in [-0.25, -0.2) is 0 Å². The maximum absolute atomic E-state index is 5.70. The normalized spacial score (nSPS) is 18.0. The van der Waals surface area contributed by atoms with Gasteiger partial charge in [-0.15, -0.1) is 5.10 Å². The van der Waals surface area contributed by atoms with Crippen LogP contribution in [0.2, 0.25) is 0 Å². The summed E-state index contributed by atoms with van der Waals surface area (Å²) in [4.78, 5) is 6.74. The van der Waals surface area contributed by atoms with Crippen molar-refractivity contribution in [3.63, 3.8) is 0 Å². The Morgan fingerprint density at radius 1 is 1.23 bits per heavy atom. The van der Waals surface area contributed by atoms with Gasteiger partial charge in [0.2, 0.25) is 0 Å². The molecule has 0 unspecified atom stereocenters. The van der Waals surface area contributed by atoms with Gasteiger partial charge in [0, 0.05) is 25.3 Å². The van der Waals surface area contributed by atoms with E-state index < -0.39 is 0 Å². The van der Waals surface area contributed by atoms with Crippen molar-refractivity contribution in [1.82, 2.24) is 15.2 Å². The second-order valence-electron chi connectivity index (χ2n) is 5.44. The van der Waals surface area contributed by atoms with Crippen LogP contribution in [-0.4, -0.2) is 34.3 Å². The van der Waals surface area contributed by atoms with Gasteiger partial charge in [0.1, 0.15) is 5.52 Å². The molecule has 112 valence electrons. The summed E-state index contributed by atoms with van der Waals surface area (Å²) in [5, 5.41) is 11.5. The third-order valence-corrected chi connectivity index (χ3v) is 4.01. The molecule has 1 fully saturated rings. The van der Waals surface area contributed by atoms with Crippen LogP contribution in [0.15, 0.2) is 47.0 Å². The van der Waals surface area contributed by atoms with Crippen molar-refractivity contribution in [2.75, 3.05) is 23.3 Å². The van der Waals surface area contributed by atoms with Crippen LogP contribution in [0.1, 0.15) is 12.8 Å². The summed E-state index contributed by atoms with van der Waals surface area (Å²) in [6.45, 7) is 1.79. The average Bonchev–Trinajstić information content (AvgIpc) is 3.20. The van der Waals surface area contributed by atoms with Crippen molar-refractivity contribution in [3.05, 3.63) is 42.6 Å². The van der Waals surface area contributed by atoms with Gasteiger partial charge in [-0.05, 0) is 37.1 Å². The Bertz CT molecular complexity index is 724. The Morgan fingerprint density at radius 3 is 3.05 bits per heavy atom. The monoisotopic (exact) mass is 295 g/mol. The number of anilines is 2. The number of rotatable bonds is 4. The molecule has 1 aliphatic rings. The van der Waals surface area contributed by atoms with E-state index in [4.69, 9.17) is 4.42 Å². The number of nitrogens with one attached hydrogen (secondary N) is 1. The molecule has 3 heterocycles. The number of para-hydroxylation sites is 2. The predicted octanol–water partition coefficient (Wildman–Crippen LogP) is 2.70. The van der Waals surface area contributed by atoms with Gasteiger partial charge in [-0.2, -0.15) is 10.1 Å². The highest BCUT2D eigenvalue weighted by Gasteiger charge is 2.26. The van der Waals surface area contributed by atoms with E-state index in [1.54, 1.807) is 6.20 Å². The molecule has 1 saturated heterocycles. The smallest absolute Gasteiger partial charge is 0.295 e. The van der Waals surface area contributed by atoms with E-state index in [0.29, 0.717) is 12.1 Å². The summed E-state index contributed by atoms with van der Waals surface area (Å²) in [6, 6.07) is 12.7. The second-order valence-corrected chi connectivity index (χ2v) is 5.44. The van der Waals surface area contributed by atoms with E-state index in [0.717, 1.165) is 42.8 Å². The Kier molecular flexibility index (Phi) is 3.34. The second kappa shape index (κ2) is 5.63. The van der Waals surface area contributed by atoms with Crippen LogP contribution in [0.4, 0.5) is 11.8 Å². The molecule has 4 rings (SSSR count). The van der Waals surface area contributed by atoms with E-state index in [9.17, 15) is 0 Å². The highest BCUT2D eigenvalue weighted by atomic mass is 16.4. The number of nitrogens with zero attached hydrogens (tertiary/aromatic N) is 4. The van der Waals surface area contributed by atoms with Gasteiger partial charge in [0.15, 0.2) is 11.4 Å². The molecule has 1 N–H and O–H groups in total. The Balaban J connectivity index is 1.46. The van der Waals surface area contributed by atoms with E-state index in [-0.39, 0.29) is 0 Å². The molecule has 1 aromatic carbocycles. The minimum absolute atomic E-state index is 0.381.